The summed E-state index contributed by atoms with van der Waals surface area (Å²) >= 11 is 2.21. The van der Waals surface area contributed by atoms with E-state index in [9.17, 15) is 18.0 Å². The molecule has 2 amide bonds. The first-order chi connectivity index (χ1) is 19.7. The van der Waals surface area contributed by atoms with Gasteiger partial charge in [0.1, 0.15) is 0 Å². The Kier molecular flexibility index (Phi) is 7.85. The molecule has 3 aliphatic rings. The van der Waals surface area contributed by atoms with Gasteiger partial charge in [-0.3, -0.25) is 13.6 Å². The second-order valence-electron chi connectivity index (χ2n) is 10.9. The summed E-state index contributed by atoms with van der Waals surface area (Å²) in [4.78, 5) is 30.4. The Morgan fingerprint density at radius 1 is 1.10 bits per heavy atom. The number of hydrogen-bond donors (Lipinski definition) is 1. The van der Waals surface area contributed by atoms with Gasteiger partial charge in [0, 0.05) is 85.7 Å². The van der Waals surface area contributed by atoms with E-state index >= 15 is 0 Å². The van der Waals surface area contributed by atoms with E-state index in [1.54, 1.807) is 6.07 Å². The van der Waals surface area contributed by atoms with Gasteiger partial charge in [0.25, 0.3) is 11.8 Å². The third kappa shape index (κ3) is 5.28. The molecule has 3 aromatic rings. The molecule has 216 valence electrons. The first-order valence-electron chi connectivity index (χ1n) is 13.7. The first-order valence-corrected chi connectivity index (χ1v) is 18.9. The highest BCUT2D eigenvalue weighted by Crippen LogP contribution is 2.41. The number of nitrogens with zero attached hydrogens (tertiary/aromatic N) is 4. The fourth-order valence-corrected chi connectivity index (χ4v) is 8.95. The predicted molar refractivity (Wildman–Crippen MR) is 173 cm³/mol. The average Bonchev–Trinajstić information content (AvgIpc) is 3.36. The summed E-state index contributed by atoms with van der Waals surface area (Å²) in [6.45, 7) is 3.01. The van der Waals surface area contributed by atoms with Gasteiger partial charge in [0.2, 0.25) is 10.0 Å². The van der Waals surface area contributed by atoms with Crippen molar-refractivity contribution in [3.8, 4) is 0 Å². The molecule has 2 N–H and O–H groups in total. The molecule has 1 saturated heterocycles. The summed E-state index contributed by atoms with van der Waals surface area (Å²) in [6, 6.07) is 13.9. The Morgan fingerprint density at radius 3 is 2.61 bits per heavy atom. The molecular formula is C29H32IN5O4S2. The van der Waals surface area contributed by atoms with Crippen LogP contribution in [0.15, 0.2) is 48.5 Å². The zero-order valence-corrected chi connectivity index (χ0v) is 26.5. The van der Waals surface area contributed by atoms with Crippen LogP contribution in [-0.4, -0.2) is 78.4 Å². The zero-order chi connectivity index (χ0) is 28.9. The monoisotopic (exact) mass is 705 g/mol. The van der Waals surface area contributed by atoms with Crippen LogP contribution in [0.2, 0.25) is 0 Å². The minimum absolute atomic E-state index is 0.0963. The van der Waals surface area contributed by atoms with Gasteiger partial charge in [-0.05, 0) is 61.1 Å². The number of rotatable bonds is 6. The van der Waals surface area contributed by atoms with Gasteiger partial charge in [0.05, 0.1) is 23.0 Å². The number of halogens is 1. The van der Waals surface area contributed by atoms with E-state index in [1.807, 2.05) is 45.3 Å². The molecule has 0 unspecified atom stereocenters. The summed E-state index contributed by atoms with van der Waals surface area (Å²) in [5.41, 5.74) is 12.0. The van der Waals surface area contributed by atoms with E-state index < -0.39 is 15.9 Å². The molecule has 0 saturated carbocycles. The minimum Gasteiger partial charge on any atom is -0.369 e. The van der Waals surface area contributed by atoms with Crippen LogP contribution in [0.1, 0.15) is 51.2 Å². The lowest BCUT2D eigenvalue weighted by Crippen LogP contribution is -2.52. The number of nitrogens with two attached hydrogens (primary N) is 1. The van der Waals surface area contributed by atoms with E-state index in [-0.39, 0.29) is 11.9 Å². The number of sulfonamides is 1. The van der Waals surface area contributed by atoms with E-state index in [2.05, 4.69) is 32.2 Å². The molecule has 1 aromatic heterocycles. The van der Waals surface area contributed by atoms with Crippen LogP contribution in [0.5, 0.6) is 0 Å². The van der Waals surface area contributed by atoms with Crippen molar-refractivity contribution >= 4 is 74.3 Å². The van der Waals surface area contributed by atoms with Crippen LogP contribution in [0, 0.1) is 0 Å². The van der Waals surface area contributed by atoms with Crippen molar-refractivity contribution in [1.29, 1.82) is 0 Å². The van der Waals surface area contributed by atoms with E-state index in [1.165, 1.54) is 19.7 Å². The quantitative estimate of drug-likeness (QED) is 0.384. The van der Waals surface area contributed by atoms with Crippen LogP contribution in [-0.2, 0) is 16.4 Å². The van der Waals surface area contributed by atoms with Gasteiger partial charge in [-0.15, -0.1) is 0 Å². The molecular weight excluding hydrogens is 673 g/mol. The summed E-state index contributed by atoms with van der Waals surface area (Å²) in [6.07, 6.45) is 6.54. The van der Waals surface area contributed by atoms with Crippen molar-refractivity contribution in [3.63, 3.8) is 0 Å². The standard InChI is InChI=1S/C29H32IN5O4S2/c1-41(38,39)33-14-10-20(11-15-33)26-17-24-25(9-8-23(28(31)36)27(24)35(26)40-30)32-13-4-6-21(18-32)34-16-12-19-5-2-3-7-22(19)29(34)37/h2-3,5,7-10,17,21H,4,6,11-16,18H2,1H3,(H2,31,36)/t21-/m1/s1. The van der Waals surface area contributed by atoms with Gasteiger partial charge < -0.3 is 15.5 Å². The SMILES string of the molecule is CS(=O)(=O)N1CC=C(c2cc3c(N4CCC[C@@H](N5CCc6ccccc6C5=O)C4)ccc(C(N)=O)c3n2SI)CC1. The highest BCUT2D eigenvalue weighted by Gasteiger charge is 2.34. The molecule has 4 heterocycles. The highest BCUT2D eigenvalue weighted by atomic mass is 127. The first kappa shape index (κ1) is 28.6. The van der Waals surface area contributed by atoms with Crippen molar-refractivity contribution in [2.45, 2.75) is 31.7 Å². The summed E-state index contributed by atoms with van der Waals surface area (Å²) < 4.78 is 27.6. The molecule has 0 spiro atoms. The number of carbonyl (C=O) groups is 2. The average molecular weight is 706 g/mol. The normalized spacial score (nSPS) is 20.3. The molecule has 3 aliphatic heterocycles. The molecule has 0 bridgehead atoms. The highest BCUT2D eigenvalue weighted by molar-refractivity contribution is 14.2. The molecule has 0 radical (unpaired) electrons. The fraction of sp³-hybridized carbons (Fsp3) is 0.379. The number of fused-ring (bicyclic) bond motifs is 2. The molecule has 12 heteroatoms. The van der Waals surface area contributed by atoms with Crippen LogP contribution in [0.25, 0.3) is 16.5 Å². The van der Waals surface area contributed by atoms with Gasteiger partial charge in [-0.1, -0.05) is 24.3 Å². The predicted octanol–water partition coefficient (Wildman–Crippen LogP) is 4.30. The van der Waals surface area contributed by atoms with Gasteiger partial charge in [-0.25, -0.2) is 8.42 Å². The molecule has 0 aliphatic carbocycles. The minimum atomic E-state index is -3.27. The fourth-order valence-electron chi connectivity index (χ4n) is 6.45. The van der Waals surface area contributed by atoms with Gasteiger partial charge in [-0.2, -0.15) is 4.31 Å². The molecule has 1 fully saturated rings. The van der Waals surface area contributed by atoms with Crippen molar-refractivity contribution in [1.82, 2.24) is 13.2 Å². The summed E-state index contributed by atoms with van der Waals surface area (Å²) in [7, 11) is -1.80. The number of primary amides is 1. The van der Waals surface area contributed by atoms with Crippen molar-refractivity contribution in [2.75, 3.05) is 43.9 Å². The van der Waals surface area contributed by atoms with Gasteiger partial charge >= 0.3 is 0 Å². The number of carbonyl (C=O) groups excluding carboxylic acids is 2. The number of benzene rings is 2. The maximum atomic E-state index is 13.4. The van der Waals surface area contributed by atoms with E-state index in [0.29, 0.717) is 31.6 Å². The Hall–Kier alpha value is -2.55. The lowest BCUT2D eigenvalue weighted by Gasteiger charge is -2.42. The molecule has 41 heavy (non-hydrogen) atoms. The Morgan fingerprint density at radius 2 is 1.90 bits per heavy atom. The Bertz CT molecular complexity index is 1690. The summed E-state index contributed by atoms with van der Waals surface area (Å²) in [5, 5.41) is 0.933. The number of aromatic nitrogens is 1. The Labute approximate surface area is 256 Å². The number of amides is 2. The van der Waals surface area contributed by atoms with Crippen LogP contribution < -0.4 is 10.6 Å². The lowest BCUT2D eigenvalue weighted by molar-refractivity contribution is 0.0641. The number of anilines is 1. The number of hydrogen-bond acceptors (Lipinski definition) is 6. The lowest BCUT2D eigenvalue weighted by atomic mass is 9.95. The third-order valence-corrected chi connectivity index (χ3v) is 11.5. The van der Waals surface area contributed by atoms with Crippen molar-refractivity contribution in [3.05, 3.63) is 70.9 Å². The third-order valence-electron chi connectivity index (χ3n) is 8.51. The maximum absolute atomic E-state index is 13.4. The molecule has 9 nitrogen and oxygen atoms in total. The second kappa shape index (κ2) is 11.3. The van der Waals surface area contributed by atoms with Crippen LogP contribution in [0.3, 0.4) is 0 Å². The molecule has 1 atom stereocenters. The largest absolute Gasteiger partial charge is 0.369 e. The smallest absolute Gasteiger partial charge is 0.254 e. The van der Waals surface area contributed by atoms with Crippen molar-refractivity contribution in [2.24, 2.45) is 5.73 Å². The van der Waals surface area contributed by atoms with Crippen LogP contribution >= 0.6 is 30.3 Å². The Balaban J connectivity index is 1.37. The van der Waals surface area contributed by atoms with E-state index in [0.717, 1.165) is 71.3 Å². The van der Waals surface area contributed by atoms with Crippen molar-refractivity contribution < 1.29 is 18.0 Å². The maximum Gasteiger partial charge on any atom is 0.254 e. The molecule has 6 rings (SSSR count). The summed E-state index contributed by atoms with van der Waals surface area (Å²) in [5.74, 6) is -0.386. The number of piperidine rings is 1. The van der Waals surface area contributed by atoms with Crippen LogP contribution in [0.4, 0.5) is 5.69 Å². The van der Waals surface area contributed by atoms with Gasteiger partial charge in [0.15, 0.2) is 0 Å². The molecule has 2 aromatic carbocycles. The zero-order valence-electron chi connectivity index (χ0n) is 22.8. The second-order valence-corrected chi connectivity index (χ2v) is 14.6. The topological polar surface area (TPSA) is 109 Å². The van der Waals surface area contributed by atoms with E-state index in [4.69, 9.17) is 5.73 Å².